The van der Waals surface area contributed by atoms with Crippen molar-refractivity contribution in [3.63, 3.8) is 0 Å². The number of nitrogens with one attached hydrogen (secondary N) is 1. The van der Waals surface area contributed by atoms with E-state index in [0.717, 1.165) is 22.4 Å². The number of hydrogen-bond acceptors (Lipinski definition) is 4. The van der Waals surface area contributed by atoms with Crippen LogP contribution in [0.1, 0.15) is 24.0 Å². The minimum Gasteiger partial charge on any atom is -0.381 e. The van der Waals surface area contributed by atoms with Crippen LogP contribution in [0.25, 0.3) is 11.3 Å². The van der Waals surface area contributed by atoms with Gasteiger partial charge in [0, 0.05) is 43.9 Å². The molecule has 5 nitrogen and oxygen atoms in total. The molecule has 4 rings (SSSR count). The summed E-state index contributed by atoms with van der Waals surface area (Å²) in [4.78, 5) is 21.8. The summed E-state index contributed by atoms with van der Waals surface area (Å²) in [6, 6.07) is 17.8. The van der Waals surface area contributed by atoms with Crippen LogP contribution < -0.4 is 5.32 Å². The highest BCUT2D eigenvalue weighted by molar-refractivity contribution is 5.88. The fourth-order valence-electron chi connectivity index (χ4n) is 3.73. The molecule has 28 heavy (non-hydrogen) atoms. The van der Waals surface area contributed by atoms with Crippen molar-refractivity contribution in [3.8, 4) is 11.3 Å². The number of rotatable bonds is 5. The monoisotopic (exact) mass is 373 g/mol. The van der Waals surface area contributed by atoms with Gasteiger partial charge in [0.1, 0.15) is 0 Å². The van der Waals surface area contributed by atoms with Crippen LogP contribution in [0.5, 0.6) is 0 Å². The molecule has 1 aliphatic heterocycles. The molecule has 1 N–H and O–H groups in total. The van der Waals surface area contributed by atoms with Crippen molar-refractivity contribution in [2.75, 3.05) is 13.2 Å². The van der Waals surface area contributed by atoms with Crippen molar-refractivity contribution in [1.29, 1.82) is 0 Å². The highest BCUT2D eigenvalue weighted by Crippen LogP contribution is 2.35. The van der Waals surface area contributed by atoms with Gasteiger partial charge in [0.05, 0.1) is 11.1 Å². The van der Waals surface area contributed by atoms with E-state index >= 15 is 0 Å². The molecule has 0 radical (unpaired) electrons. The summed E-state index contributed by atoms with van der Waals surface area (Å²) < 4.78 is 5.53. The van der Waals surface area contributed by atoms with Crippen molar-refractivity contribution in [3.05, 3.63) is 84.3 Å². The number of carbonyl (C=O) groups excluding carboxylic acids is 1. The normalized spacial score (nSPS) is 15.7. The highest BCUT2D eigenvalue weighted by Gasteiger charge is 2.41. The lowest BCUT2D eigenvalue weighted by atomic mass is 9.73. The van der Waals surface area contributed by atoms with E-state index in [1.165, 1.54) is 0 Å². The van der Waals surface area contributed by atoms with Gasteiger partial charge in [-0.15, -0.1) is 0 Å². The molecule has 1 amide bonds. The zero-order valence-corrected chi connectivity index (χ0v) is 15.7. The van der Waals surface area contributed by atoms with E-state index in [9.17, 15) is 4.79 Å². The molecule has 3 heterocycles. The van der Waals surface area contributed by atoms with Crippen molar-refractivity contribution >= 4 is 5.91 Å². The van der Waals surface area contributed by atoms with Crippen molar-refractivity contribution in [2.24, 2.45) is 0 Å². The first-order chi connectivity index (χ1) is 13.8. The van der Waals surface area contributed by atoms with Gasteiger partial charge in [-0.25, -0.2) is 0 Å². The predicted molar refractivity (Wildman–Crippen MR) is 107 cm³/mol. The number of carbonyl (C=O) groups is 1. The van der Waals surface area contributed by atoms with Gasteiger partial charge in [-0.3, -0.25) is 14.8 Å². The third kappa shape index (κ3) is 3.80. The minimum atomic E-state index is -0.529. The van der Waals surface area contributed by atoms with Gasteiger partial charge in [-0.05, 0) is 48.2 Å². The van der Waals surface area contributed by atoms with Crippen LogP contribution in [-0.2, 0) is 21.5 Å². The zero-order chi connectivity index (χ0) is 19.2. The average molecular weight is 373 g/mol. The number of ether oxygens (including phenoxy) is 1. The van der Waals surface area contributed by atoms with Gasteiger partial charge < -0.3 is 10.1 Å². The van der Waals surface area contributed by atoms with E-state index in [4.69, 9.17) is 4.74 Å². The van der Waals surface area contributed by atoms with Crippen LogP contribution in [0.4, 0.5) is 0 Å². The van der Waals surface area contributed by atoms with E-state index < -0.39 is 5.41 Å². The third-order valence-electron chi connectivity index (χ3n) is 5.34. The third-order valence-corrected chi connectivity index (χ3v) is 5.34. The maximum Gasteiger partial charge on any atom is 0.231 e. The topological polar surface area (TPSA) is 64.1 Å². The molecule has 0 atom stereocenters. The summed E-state index contributed by atoms with van der Waals surface area (Å²) in [6.45, 7) is 1.66. The molecule has 3 aromatic rings. The van der Waals surface area contributed by atoms with E-state index in [0.29, 0.717) is 32.6 Å². The van der Waals surface area contributed by atoms with Gasteiger partial charge in [0.2, 0.25) is 5.91 Å². The Kier molecular flexibility index (Phi) is 5.44. The van der Waals surface area contributed by atoms with Crippen LogP contribution in [0.15, 0.2) is 73.2 Å². The number of pyridine rings is 2. The van der Waals surface area contributed by atoms with Gasteiger partial charge in [-0.1, -0.05) is 30.3 Å². The molecule has 0 spiro atoms. The van der Waals surface area contributed by atoms with Crippen LogP contribution in [-0.4, -0.2) is 29.1 Å². The second-order valence-corrected chi connectivity index (χ2v) is 7.03. The standard InChI is InChI=1S/C23H23N3O2/c27-22(23(9-13-28-14-10-23)20-6-2-1-3-7-20)26-16-18-8-12-25-21(15-18)19-5-4-11-24-17-19/h1-8,11-12,15,17H,9-10,13-14,16H2,(H,26,27). The van der Waals surface area contributed by atoms with E-state index in [1.807, 2.05) is 54.6 Å². The van der Waals surface area contributed by atoms with Gasteiger partial charge in [-0.2, -0.15) is 0 Å². The first-order valence-electron chi connectivity index (χ1n) is 9.55. The molecular formula is C23H23N3O2. The van der Waals surface area contributed by atoms with Crippen molar-refractivity contribution < 1.29 is 9.53 Å². The Morgan fingerprint density at radius 1 is 1.04 bits per heavy atom. The minimum absolute atomic E-state index is 0.0572. The quantitative estimate of drug-likeness (QED) is 0.743. The number of amides is 1. The van der Waals surface area contributed by atoms with Crippen LogP contribution >= 0.6 is 0 Å². The van der Waals surface area contributed by atoms with E-state index in [1.54, 1.807) is 18.6 Å². The second-order valence-electron chi connectivity index (χ2n) is 7.03. The smallest absolute Gasteiger partial charge is 0.231 e. The molecule has 5 heteroatoms. The largest absolute Gasteiger partial charge is 0.381 e. The zero-order valence-electron chi connectivity index (χ0n) is 15.7. The molecule has 2 aromatic heterocycles. The second kappa shape index (κ2) is 8.31. The molecule has 0 unspecified atom stereocenters. The Balaban J connectivity index is 1.52. The summed E-state index contributed by atoms with van der Waals surface area (Å²) >= 11 is 0. The molecule has 1 fully saturated rings. The summed E-state index contributed by atoms with van der Waals surface area (Å²) in [5, 5.41) is 3.15. The highest BCUT2D eigenvalue weighted by atomic mass is 16.5. The number of aromatic nitrogens is 2. The lowest BCUT2D eigenvalue weighted by Gasteiger charge is -2.36. The Bertz CT molecular complexity index is 923. The maximum atomic E-state index is 13.3. The summed E-state index contributed by atoms with van der Waals surface area (Å²) in [6.07, 6.45) is 6.69. The maximum absolute atomic E-state index is 13.3. The summed E-state index contributed by atoms with van der Waals surface area (Å²) in [5.74, 6) is 0.0572. The van der Waals surface area contributed by atoms with Crippen molar-refractivity contribution in [1.82, 2.24) is 15.3 Å². The molecule has 1 aliphatic rings. The van der Waals surface area contributed by atoms with Gasteiger partial charge >= 0.3 is 0 Å². The molecule has 1 aromatic carbocycles. The molecular weight excluding hydrogens is 350 g/mol. The Morgan fingerprint density at radius 3 is 2.61 bits per heavy atom. The van der Waals surface area contributed by atoms with Gasteiger partial charge in [0.25, 0.3) is 0 Å². The fourth-order valence-corrected chi connectivity index (χ4v) is 3.73. The first kappa shape index (κ1) is 18.3. The predicted octanol–water partition coefficient (Wildman–Crippen LogP) is 3.51. The molecule has 142 valence electrons. The van der Waals surface area contributed by atoms with E-state index in [-0.39, 0.29) is 5.91 Å². The molecule has 0 bridgehead atoms. The Morgan fingerprint density at radius 2 is 1.86 bits per heavy atom. The SMILES string of the molecule is O=C(NCc1ccnc(-c2cccnc2)c1)C1(c2ccccc2)CCOCC1. The lowest BCUT2D eigenvalue weighted by Crippen LogP contribution is -2.47. The average Bonchev–Trinajstić information content (AvgIpc) is 2.79. The number of benzene rings is 1. The van der Waals surface area contributed by atoms with E-state index in [2.05, 4.69) is 15.3 Å². The first-order valence-corrected chi connectivity index (χ1v) is 9.55. The Labute approximate surface area is 164 Å². The number of hydrogen-bond donors (Lipinski definition) is 1. The number of nitrogens with zero attached hydrogens (tertiary/aromatic N) is 2. The summed E-state index contributed by atoms with van der Waals surface area (Å²) in [7, 11) is 0. The molecule has 0 aliphatic carbocycles. The fraction of sp³-hybridized carbons (Fsp3) is 0.261. The lowest BCUT2D eigenvalue weighted by molar-refractivity contribution is -0.130. The molecule has 0 saturated carbocycles. The molecule has 1 saturated heterocycles. The van der Waals surface area contributed by atoms with Crippen molar-refractivity contribution in [2.45, 2.75) is 24.8 Å². The van der Waals surface area contributed by atoms with Crippen LogP contribution in [0.3, 0.4) is 0 Å². The summed E-state index contributed by atoms with van der Waals surface area (Å²) in [5.41, 5.74) is 3.35. The van der Waals surface area contributed by atoms with Gasteiger partial charge in [0.15, 0.2) is 0 Å². The Hall–Kier alpha value is -3.05. The van der Waals surface area contributed by atoms with Crippen LogP contribution in [0, 0.1) is 0 Å². The van der Waals surface area contributed by atoms with Crippen LogP contribution in [0.2, 0.25) is 0 Å².